The first-order chi connectivity index (χ1) is 7.61. The molecule has 2 rings (SSSR count). The molecule has 84 valence electrons. The molecule has 0 amide bonds. The average molecular weight is 288 g/mol. The topological polar surface area (TPSA) is 22.1 Å². The Morgan fingerprint density at radius 2 is 2.06 bits per heavy atom. The summed E-state index contributed by atoms with van der Waals surface area (Å²) in [6.07, 6.45) is -0.943. The molecule has 1 aromatic heterocycles. The molecule has 0 aliphatic heterocycles. The van der Waals surface area contributed by atoms with Crippen LogP contribution in [-0.4, -0.2) is 12.1 Å². The molecule has 1 aromatic carbocycles. The largest absolute Gasteiger partial charge is 0.495 e. The minimum absolute atomic E-state index is 0.0329. The number of rotatable bonds is 2. The van der Waals surface area contributed by atoms with E-state index in [9.17, 15) is 8.78 Å². The predicted molar refractivity (Wildman–Crippen MR) is 61.0 cm³/mol. The fraction of sp³-hybridized carbons (Fsp3) is 0.182. The first-order valence-electron chi connectivity index (χ1n) is 4.53. The summed E-state index contributed by atoms with van der Waals surface area (Å²) < 4.78 is 30.7. The molecule has 0 saturated heterocycles. The summed E-state index contributed by atoms with van der Waals surface area (Å²) in [5.41, 5.74) is 0.611. The molecule has 16 heavy (non-hydrogen) atoms. The fourth-order valence-corrected chi connectivity index (χ4v) is 2.04. The second-order valence-corrected chi connectivity index (χ2v) is 4.10. The van der Waals surface area contributed by atoms with E-state index in [1.54, 1.807) is 12.3 Å². The zero-order chi connectivity index (χ0) is 11.7. The van der Waals surface area contributed by atoms with Gasteiger partial charge in [0.25, 0.3) is 6.43 Å². The third-order valence-corrected chi connectivity index (χ3v) is 2.83. The van der Waals surface area contributed by atoms with E-state index in [1.165, 1.54) is 19.2 Å². The summed E-state index contributed by atoms with van der Waals surface area (Å²) in [6.45, 7) is 0. The van der Waals surface area contributed by atoms with Crippen LogP contribution in [0.3, 0.4) is 0 Å². The Bertz CT molecular complexity index is 531. The zero-order valence-corrected chi connectivity index (χ0v) is 9.96. The Morgan fingerprint density at radius 1 is 1.31 bits per heavy atom. The molecule has 1 heterocycles. The van der Waals surface area contributed by atoms with Crippen LogP contribution < -0.4 is 4.74 Å². The Kier molecular flexibility index (Phi) is 3.05. The highest BCUT2D eigenvalue weighted by molar-refractivity contribution is 9.10. The molecule has 0 N–H and O–H groups in total. The summed E-state index contributed by atoms with van der Waals surface area (Å²) >= 11 is 3.23. The molecule has 0 unspecified atom stereocenters. The molecule has 0 radical (unpaired) electrons. The molecule has 2 nitrogen and oxygen atoms in total. The molecule has 5 heteroatoms. The number of halogens is 3. The predicted octanol–water partition coefficient (Wildman–Crippen LogP) is 3.94. The lowest BCUT2D eigenvalue weighted by Crippen LogP contribution is -1.90. The van der Waals surface area contributed by atoms with E-state index in [4.69, 9.17) is 4.74 Å². The van der Waals surface area contributed by atoms with Crippen LogP contribution in [-0.2, 0) is 0 Å². The second kappa shape index (κ2) is 4.33. The average Bonchev–Trinajstić information content (AvgIpc) is 2.28. The Morgan fingerprint density at radius 3 is 2.69 bits per heavy atom. The molecule has 0 saturated carbocycles. The maximum absolute atomic E-state index is 12.6. The van der Waals surface area contributed by atoms with Crippen molar-refractivity contribution in [1.29, 1.82) is 0 Å². The van der Waals surface area contributed by atoms with Crippen molar-refractivity contribution >= 4 is 26.8 Å². The van der Waals surface area contributed by atoms with Crippen molar-refractivity contribution < 1.29 is 13.5 Å². The lowest BCUT2D eigenvalue weighted by Gasteiger charge is -2.06. The summed E-state index contributed by atoms with van der Waals surface area (Å²) in [5, 5.41) is 0.629. The number of ether oxygens (including phenoxy) is 1. The van der Waals surface area contributed by atoms with Crippen LogP contribution in [0.2, 0.25) is 0 Å². The Labute approximate surface area is 99.4 Å². The molecule has 0 aliphatic carbocycles. The van der Waals surface area contributed by atoms with Gasteiger partial charge in [-0.05, 0) is 34.1 Å². The lowest BCUT2D eigenvalue weighted by molar-refractivity contribution is 0.151. The van der Waals surface area contributed by atoms with Gasteiger partial charge in [0.05, 0.1) is 18.8 Å². The van der Waals surface area contributed by atoms with Crippen LogP contribution >= 0.6 is 15.9 Å². The Hall–Kier alpha value is -1.23. The van der Waals surface area contributed by atoms with Crippen LogP contribution in [0.1, 0.15) is 12.0 Å². The van der Waals surface area contributed by atoms with Crippen LogP contribution in [0.25, 0.3) is 10.9 Å². The van der Waals surface area contributed by atoms with Gasteiger partial charge in [-0.2, -0.15) is 0 Å². The Balaban J connectivity index is 2.68. The van der Waals surface area contributed by atoms with Gasteiger partial charge in [-0.25, -0.2) is 8.78 Å². The quantitative estimate of drug-likeness (QED) is 0.835. The van der Waals surface area contributed by atoms with Crippen molar-refractivity contribution in [1.82, 2.24) is 4.98 Å². The number of hydrogen-bond donors (Lipinski definition) is 0. The molecular weight excluding hydrogens is 280 g/mol. The highest BCUT2D eigenvalue weighted by Gasteiger charge is 2.11. The minimum atomic E-state index is -2.49. The highest BCUT2D eigenvalue weighted by atomic mass is 79.9. The third kappa shape index (κ3) is 2.00. The van der Waals surface area contributed by atoms with E-state index in [2.05, 4.69) is 20.9 Å². The zero-order valence-electron chi connectivity index (χ0n) is 8.38. The highest BCUT2D eigenvalue weighted by Crippen LogP contribution is 2.30. The van der Waals surface area contributed by atoms with Gasteiger partial charge >= 0.3 is 0 Å². The van der Waals surface area contributed by atoms with E-state index in [0.717, 1.165) is 0 Å². The number of fused-ring (bicyclic) bond motifs is 1. The second-order valence-electron chi connectivity index (χ2n) is 3.25. The smallest absolute Gasteiger partial charge is 0.263 e. The summed E-state index contributed by atoms with van der Waals surface area (Å²) in [6, 6.07) is 4.48. The first-order valence-corrected chi connectivity index (χ1v) is 5.32. The molecule has 0 fully saturated rings. The van der Waals surface area contributed by atoms with E-state index >= 15 is 0 Å². The van der Waals surface area contributed by atoms with Crippen molar-refractivity contribution in [3.8, 4) is 5.75 Å². The SMILES string of the molecule is COc1cnc2c(Br)cc(C(F)F)cc2c1. The maximum Gasteiger partial charge on any atom is 0.263 e. The van der Waals surface area contributed by atoms with Crippen LogP contribution in [0.15, 0.2) is 28.9 Å². The van der Waals surface area contributed by atoms with Gasteiger partial charge in [0, 0.05) is 15.4 Å². The molecule has 2 aromatic rings. The molecular formula is C11H8BrF2NO. The van der Waals surface area contributed by atoms with E-state index in [1.807, 2.05) is 0 Å². The standard InChI is InChI=1S/C11H8BrF2NO/c1-16-8-3-6-2-7(11(13)14)4-9(12)10(6)15-5-8/h2-5,11H,1H3. The summed E-state index contributed by atoms with van der Waals surface area (Å²) in [4.78, 5) is 4.14. The van der Waals surface area contributed by atoms with Gasteiger partial charge in [0.15, 0.2) is 0 Å². The van der Waals surface area contributed by atoms with Gasteiger partial charge in [0.1, 0.15) is 5.75 Å². The third-order valence-electron chi connectivity index (χ3n) is 2.22. The van der Waals surface area contributed by atoms with Crippen LogP contribution in [0.5, 0.6) is 5.75 Å². The number of benzene rings is 1. The summed E-state index contributed by atoms with van der Waals surface area (Å²) in [5.74, 6) is 0.547. The van der Waals surface area contributed by atoms with Crippen molar-refractivity contribution in [3.63, 3.8) is 0 Å². The van der Waals surface area contributed by atoms with Gasteiger partial charge in [-0.1, -0.05) is 0 Å². The van der Waals surface area contributed by atoms with Crippen LogP contribution in [0, 0.1) is 0 Å². The fourth-order valence-electron chi connectivity index (χ4n) is 1.44. The maximum atomic E-state index is 12.6. The van der Waals surface area contributed by atoms with Crippen molar-refractivity contribution in [2.75, 3.05) is 7.11 Å². The molecule has 0 atom stereocenters. The lowest BCUT2D eigenvalue weighted by atomic mass is 10.1. The van der Waals surface area contributed by atoms with Crippen molar-refractivity contribution in [2.24, 2.45) is 0 Å². The normalized spacial score (nSPS) is 11.1. The monoisotopic (exact) mass is 287 g/mol. The van der Waals surface area contributed by atoms with Gasteiger partial charge in [0.2, 0.25) is 0 Å². The van der Waals surface area contributed by atoms with Crippen LogP contribution in [0.4, 0.5) is 8.78 Å². The van der Waals surface area contributed by atoms with E-state index in [-0.39, 0.29) is 5.56 Å². The van der Waals surface area contributed by atoms with Gasteiger partial charge < -0.3 is 4.74 Å². The number of alkyl halides is 2. The van der Waals surface area contributed by atoms with Gasteiger partial charge in [-0.15, -0.1) is 0 Å². The number of aromatic nitrogens is 1. The number of pyridine rings is 1. The number of methoxy groups -OCH3 is 1. The number of nitrogens with zero attached hydrogens (tertiary/aromatic N) is 1. The number of hydrogen-bond acceptors (Lipinski definition) is 2. The molecule has 0 spiro atoms. The van der Waals surface area contributed by atoms with E-state index in [0.29, 0.717) is 21.1 Å². The first kappa shape index (κ1) is 11.3. The van der Waals surface area contributed by atoms with Gasteiger partial charge in [-0.3, -0.25) is 4.98 Å². The van der Waals surface area contributed by atoms with E-state index < -0.39 is 6.43 Å². The van der Waals surface area contributed by atoms with Crippen molar-refractivity contribution in [2.45, 2.75) is 6.43 Å². The molecule has 0 bridgehead atoms. The van der Waals surface area contributed by atoms with Crippen molar-refractivity contribution in [3.05, 3.63) is 34.4 Å². The molecule has 0 aliphatic rings. The summed E-state index contributed by atoms with van der Waals surface area (Å²) in [7, 11) is 1.51. The minimum Gasteiger partial charge on any atom is -0.495 e.